The van der Waals surface area contributed by atoms with Crippen LogP contribution in [0.25, 0.3) is 0 Å². The molecule has 0 aromatic carbocycles. The van der Waals surface area contributed by atoms with Crippen LogP contribution in [0.15, 0.2) is 0 Å². The zero-order chi connectivity index (χ0) is 12.4. The van der Waals surface area contributed by atoms with Gasteiger partial charge in [0.25, 0.3) is 0 Å². The molecule has 0 radical (unpaired) electrons. The second kappa shape index (κ2) is 10.1. The second-order valence-electron chi connectivity index (χ2n) is 4.28. The molecule has 0 bridgehead atoms. The van der Waals surface area contributed by atoms with Crippen LogP contribution in [0.5, 0.6) is 0 Å². The third-order valence-electron chi connectivity index (χ3n) is 2.54. The summed E-state index contributed by atoms with van der Waals surface area (Å²) in [7, 11) is 4.13. The van der Waals surface area contributed by atoms with Gasteiger partial charge < -0.3 is 9.80 Å². The fourth-order valence-electron chi connectivity index (χ4n) is 1.57. The third-order valence-corrected chi connectivity index (χ3v) is 3.10. The predicted molar refractivity (Wildman–Crippen MR) is 73.1 cm³/mol. The van der Waals surface area contributed by atoms with Gasteiger partial charge in [0, 0.05) is 24.8 Å². The lowest BCUT2D eigenvalue weighted by atomic mass is 10.2. The summed E-state index contributed by atoms with van der Waals surface area (Å²) in [5, 5.41) is 0.993. The van der Waals surface area contributed by atoms with Gasteiger partial charge in [-0.25, -0.2) is 0 Å². The van der Waals surface area contributed by atoms with Crippen LogP contribution >= 0.6 is 15.9 Å². The zero-order valence-electron chi connectivity index (χ0n) is 10.8. The summed E-state index contributed by atoms with van der Waals surface area (Å²) in [4.78, 5) is 15.9. The molecule has 0 aliphatic carbocycles. The van der Waals surface area contributed by atoms with E-state index < -0.39 is 0 Å². The van der Waals surface area contributed by atoms with Crippen molar-refractivity contribution in [1.82, 2.24) is 9.80 Å². The largest absolute Gasteiger partial charge is 0.343 e. The van der Waals surface area contributed by atoms with Gasteiger partial charge in [0.05, 0.1) is 0 Å². The number of unbranched alkanes of at least 4 members (excludes halogenated alkanes) is 1. The van der Waals surface area contributed by atoms with E-state index in [0.29, 0.717) is 12.3 Å². The highest BCUT2D eigenvalue weighted by molar-refractivity contribution is 9.09. The van der Waals surface area contributed by atoms with Crippen molar-refractivity contribution in [3.63, 3.8) is 0 Å². The first-order valence-corrected chi connectivity index (χ1v) is 7.22. The average molecular weight is 293 g/mol. The smallest absolute Gasteiger partial charge is 0.222 e. The number of carbonyl (C=O) groups is 1. The minimum Gasteiger partial charge on any atom is -0.343 e. The summed E-state index contributed by atoms with van der Waals surface area (Å²) in [6, 6.07) is 0. The molecule has 0 atom stereocenters. The topological polar surface area (TPSA) is 23.6 Å². The van der Waals surface area contributed by atoms with E-state index in [9.17, 15) is 4.79 Å². The monoisotopic (exact) mass is 292 g/mol. The van der Waals surface area contributed by atoms with Crippen LogP contribution < -0.4 is 0 Å². The van der Waals surface area contributed by atoms with Crippen LogP contribution in [0.3, 0.4) is 0 Å². The van der Waals surface area contributed by atoms with E-state index in [4.69, 9.17) is 0 Å². The van der Waals surface area contributed by atoms with Crippen molar-refractivity contribution in [3.05, 3.63) is 0 Å². The maximum atomic E-state index is 11.8. The number of alkyl halides is 1. The number of hydrogen-bond donors (Lipinski definition) is 0. The van der Waals surface area contributed by atoms with Crippen molar-refractivity contribution < 1.29 is 4.79 Å². The molecular formula is C12H25BrN2O. The Morgan fingerprint density at radius 3 is 2.31 bits per heavy atom. The SMILES string of the molecule is CCN(CCCN(C)C)C(=O)CCCCBr. The Morgan fingerprint density at radius 1 is 1.12 bits per heavy atom. The molecule has 0 saturated heterocycles. The minimum absolute atomic E-state index is 0.308. The molecule has 0 unspecified atom stereocenters. The quantitative estimate of drug-likeness (QED) is 0.481. The summed E-state index contributed by atoms with van der Waals surface area (Å²) in [5.41, 5.74) is 0. The predicted octanol–water partition coefficient (Wildman–Crippen LogP) is 2.35. The molecule has 0 aromatic heterocycles. The summed E-state index contributed by atoms with van der Waals surface area (Å²) in [6.07, 6.45) is 3.84. The van der Waals surface area contributed by atoms with Crippen LogP contribution in [-0.4, -0.2) is 54.8 Å². The van der Waals surface area contributed by atoms with Crippen LogP contribution in [0.1, 0.15) is 32.6 Å². The molecule has 96 valence electrons. The molecular weight excluding hydrogens is 268 g/mol. The Morgan fingerprint density at radius 2 is 1.81 bits per heavy atom. The van der Waals surface area contributed by atoms with Gasteiger partial charge in [-0.05, 0) is 46.8 Å². The lowest BCUT2D eigenvalue weighted by Crippen LogP contribution is -2.33. The lowest BCUT2D eigenvalue weighted by molar-refractivity contribution is -0.131. The van der Waals surface area contributed by atoms with E-state index in [1.165, 1.54) is 0 Å². The molecule has 0 aromatic rings. The number of halogens is 1. The van der Waals surface area contributed by atoms with E-state index in [2.05, 4.69) is 41.8 Å². The molecule has 0 N–H and O–H groups in total. The van der Waals surface area contributed by atoms with Gasteiger partial charge in [-0.3, -0.25) is 4.79 Å². The van der Waals surface area contributed by atoms with Gasteiger partial charge in [-0.2, -0.15) is 0 Å². The van der Waals surface area contributed by atoms with Crippen LogP contribution in [0.4, 0.5) is 0 Å². The number of nitrogens with zero attached hydrogens (tertiary/aromatic N) is 2. The van der Waals surface area contributed by atoms with Gasteiger partial charge >= 0.3 is 0 Å². The van der Waals surface area contributed by atoms with Crippen molar-refractivity contribution in [3.8, 4) is 0 Å². The maximum absolute atomic E-state index is 11.8. The van der Waals surface area contributed by atoms with Crippen molar-refractivity contribution in [1.29, 1.82) is 0 Å². The molecule has 3 nitrogen and oxygen atoms in total. The van der Waals surface area contributed by atoms with E-state index >= 15 is 0 Å². The van der Waals surface area contributed by atoms with Gasteiger partial charge in [0.1, 0.15) is 0 Å². The molecule has 0 heterocycles. The molecule has 0 spiro atoms. The number of hydrogen-bond acceptors (Lipinski definition) is 2. The zero-order valence-corrected chi connectivity index (χ0v) is 12.4. The molecule has 0 aliphatic heterocycles. The molecule has 0 saturated carbocycles. The van der Waals surface area contributed by atoms with Crippen LogP contribution in [0.2, 0.25) is 0 Å². The fraction of sp³-hybridized carbons (Fsp3) is 0.917. The van der Waals surface area contributed by atoms with Crippen LogP contribution in [-0.2, 0) is 4.79 Å². The van der Waals surface area contributed by atoms with Crippen molar-refractivity contribution >= 4 is 21.8 Å². The highest BCUT2D eigenvalue weighted by Crippen LogP contribution is 2.03. The second-order valence-corrected chi connectivity index (χ2v) is 5.07. The summed E-state index contributed by atoms with van der Waals surface area (Å²) < 4.78 is 0. The summed E-state index contributed by atoms with van der Waals surface area (Å²) >= 11 is 3.38. The Kier molecular flexibility index (Phi) is 10.0. The van der Waals surface area contributed by atoms with Crippen molar-refractivity contribution in [2.75, 3.05) is 39.1 Å². The van der Waals surface area contributed by atoms with E-state index in [0.717, 1.165) is 44.2 Å². The van der Waals surface area contributed by atoms with E-state index in [1.807, 2.05) is 4.90 Å². The van der Waals surface area contributed by atoms with Gasteiger partial charge in [0.2, 0.25) is 5.91 Å². The minimum atomic E-state index is 0.308. The first-order chi connectivity index (χ1) is 7.61. The lowest BCUT2D eigenvalue weighted by Gasteiger charge is -2.21. The van der Waals surface area contributed by atoms with Gasteiger partial charge in [-0.1, -0.05) is 15.9 Å². The Hall–Kier alpha value is -0.0900. The van der Waals surface area contributed by atoms with Gasteiger partial charge in [0.15, 0.2) is 0 Å². The van der Waals surface area contributed by atoms with Gasteiger partial charge in [-0.15, -0.1) is 0 Å². The maximum Gasteiger partial charge on any atom is 0.222 e. The molecule has 1 amide bonds. The molecule has 0 fully saturated rings. The standard InChI is InChI=1S/C12H25BrN2O/c1-4-15(11-7-10-14(2)3)12(16)8-5-6-9-13/h4-11H2,1-3H3. The van der Waals surface area contributed by atoms with Crippen molar-refractivity contribution in [2.24, 2.45) is 0 Å². The highest BCUT2D eigenvalue weighted by atomic mass is 79.9. The highest BCUT2D eigenvalue weighted by Gasteiger charge is 2.10. The third kappa shape index (κ3) is 8.11. The van der Waals surface area contributed by atoms with Crippen LogP contribution in [0, 0.1) is 0 Å². The summed E-state index contributed by atoms with van der Waals surface area (Å²) in [6.45, 7) is 4.83. The average Bonchev–Trinajstić information content (AvgIpc) is 2.24. The van der Waals surface area contributed by atoms with E-state index in [1.54, 1.807) is 0 Å². The molecule has 0 rings (SSSR count). The Balaban J connectivity index is 3.74. The normalized spacial score (nSPS) is 10.8. The fourth-order valence-corrected chi connectivity index (χ4v) is 1.96. The molecule has 0 aliphatic rings. The first-order valence-electron chi connectivity index (χ1n) is 6.10. The Labute approximate surface area is 108 Å². The number of rotatable bonds is 9. The Bertz CT molecular complexity index is 186. The molecule has 4 heteroatoms. The number of carbonyl (C=O) groups excluding carboxylic acids is 1. The van der Waals surface area contributed by atoms with Crippen molar-refractivity contribution in [2.45, 2.75) is 32.6 Å². The molecule has 16 heavy (non-hydrogen) atoms. The van der Waals surface area contributed by atoms with E-state index in [-0.39, 0.29) is 0 Å². The number of amides is 1. The first kappa shape index (κ1) is 15.9. The summed E-state index contributed by atoms with van der Waals surface area (Å²) in [5.74, 6) is 0.308.